The van der Waals surface area contributed by atoms with Gasteiger partial charge in [0.1, 0.15) is 11.2 Å². The van der Waals surface area contributed by atoms with Crippen LogP contribution in [0.25, 0.3) is 16.9 Å². The maximum atomic E-state index is 14.1. The third-order valence-electron chi connectivity index (χ3n) is 6.67. The summed E-state index contributed by atoms with van der Waals surface area (Å²) in [5.74, 6) is -0.159. The Bertz CT molecular complexity index is 1480. The van der Waals surface area contributed by atoms with E-state index >= 15 is 0 Å². The highest BCUT2D eigenvalue weighted by Crippen LogP contribution is 2.38. The number of pyridine rings is 3. The lowest BCUT2D eigenvalue weighted by Crippen LogP contribution is -2.63. The van der Waals surface area contributed by atoms with Gasteiger partial charge in [-0.2, -0.15) is 4.68 Å². The second-order valence-electron chi connectivity index (χ2n) is 10.2. The molecule has 4 aromatic heterocycles. The highest BCUT2D eigenvalue weighted by atomic mass is 35.5. The molecule has 0 radical (unpaired) electrons. The monoisotopic (exact) mass is 534 g/mol. The minimum absolute atomic E-state index is 0.160. The van der Waals surface area contributed by atoms with Gasteiger partial charge in [-0.25, -0.2) is 19.7 Å². The first kappa shape index (κ1) is 25.5. The molecule has 5 heterocycles. The molecule has 2 amide bonds. The van der Waals surface area contributed by atoms with Gasteiger partial charge in [-0.1, -0.05) is 37.6 Å². The Balaban J connectivity index is 1.56. The van der Waals surface area contributed by atoms with Crippen molar-refractivity contribution in [3.8, 4) is 5.69 Å². The van der Waals surface area contributed by atoms with Crippen LogP contribution in [0.3, 0.4) is 0 Å². The van der Waals surface area contributed by atoms with Crippen molar-refractivity contribution in [2.75, 3.05) is 11.4 Å². The summed E-state index contributed by atoms with van der Waals surface area (Å²) in [5, 5.41) is 18.6. The normalized spacial score (nSPS) is 17.9. The number of rotatable bonds is 4. The second-order valence-corrected chi connectivity index (χ2v) is 10.6. The lowest BCUT2D eigenvalue weighted by Gasteiger charge is -2.50. The van der Waals surface area contributed by atoms with Crippen LogP contribution in [0, 0.1) is 5.41 Å². The lowest BCUT2D eigenvalue weighted by atomic mass is 9.77. The van der Waals surface area contributed by atoms with E-state index in [1.54, 1.807) is 47.4 Å². The number of likely N-dealkylation sites (tertiary alicyclic amines) is 1. The number of aromatic nitrogens is 6. The summed E-state index contributed by atoms with van der Waals surface area (Å²) >= 11 is 6.55. The topological polar surface area (TPSA) is 130 Å². The first-order valence-electron chi connectivity index (χ1n) is 12.2. The third kappa shape index (κ3) is 4.65. The van der Waals surface area contributed by atoms with Crippen LogP contribution in [0.4, 0.5) is 10.6 Å². The Labute approximate surface area is 224 Å². The van der Waals surface area contributed by atoms with Gasteiger partial charge in [-0.05, 0) is 54.7 Å². The summed E-state index contributed by atoms with van der Waals surface area (Å²) in [6, 6.07) is 9.24. The highest BCUT2D eigenvalue weighted by molar-refractivity contribution is 6.33. The number of carboxylic acid groups (broad SMARTS) is 1. The molecule has 0 spiro atoms. The van der Waals surface area contributed by atoms with E-state index in [0.29, 0.717) is 36.2 Å². The quantitative estimate of drug-likeness (QED) is 0.406. The molecule has 0 saturated carbocycles. The smallest absolute Gasteiger partial charge is 0.407 e. The molecule has 196 valence electrons. The Morgan fingerprint density at radius 3 is 2.53 bits per heavy atom. The Kier molecular flexibility index (Phi) is 6.70. The van der Waals surface area contributed by atoms with Crippen LogP contribution in [-0.2, 0) is 0 Å². The molecule has 1 fully saturated rings. The molecular formula is C26H27ClN8O3. The predicted molar refractivity (Wildman–Crippen MR) is 142 cm³/mol. The average molecular weight is 535 g/mol. The summed E-state index contributed by atoms with van der Waals surface area (Å²) in [4.78, 5) is 42.5. The highest BCUT2D eigenvalue weighted by Gasteiger charge is 2.46. The molecule has 1 unspecified atom stereocenters. The molecule has 0 aromatic carbocycles. The minimum Gasteiger partial charge on any atom is -0.465 e. The first-order chi connectivity index (χ1) is 18.2. The molecule has 1 aliphatic rings. The molecular weight excluding hydrogens is 508 g/mol. The van der Waals surface area contributed by atoms with Crippen LogP contribution in [-0.4, -0.2) is 70.6 Å². The van der Waals surface area contributed by atoms with Gasteiger partial charge in [-0.15, -0.1) is 5.10 Å². The summed E-state index contributed by atoms with van der Waals surface area (Å²) in [5.41, 5.74) is 1.48. The van der Waals surface area contributed by atoms with E-state index in [2.05, 4.69) is 25.3 Å². The van der Waals surface area contributed by atoms with Gasteiger partial charge in [0.05, 0.1) is 29.0 Å². The first-order valence-corrected chi connectivity index (χ1v) is 12.6. The Morgan fingerprint density at radius 2 is 1.84 bits per heavy atom. The van der Waals surface area contributed by atoms with Crippen LogP contribution in [0.5, 0.6) is 0 Å². The molecule has 4 aromatic rings. The zero-order valence-electron chi connectivity index (χ0n) is 21.2. The molecule has 1 aliphatic heterocycles. The fraction of sp³-hybridized carbons (Fsp3) is 0.346. The van der Waals surface area contributed by atoms with E-state index in [4.69, 9.17) is 11.6 Å². The fourth-order valence-corrected chi connectivity index (χ4v) is 5.38. The number of hydrogen-bond acceptors (Lipinski definition) is 7. The Hall–Kier alpha value is -4.12. The van der Waals surface area contributed by atoms with Crippen LogP contribution in [0.1, 0.15) is 44.1 Å². The van der Waals surface area contributed by atoms with Crippen molar-refractivity contribution in [3.05, 3.63) is 65.7 Å². The number of carbonyl (C=O) groups is 2. The lowest BCUT2D eigenvalue weighted by molar-refractivity contribution is 0.0431. The van der Waals surface area contributed by atoms with Crippen molar-refractivity contribution in [1.29, 1.82) is 0 Å². The van der Waals surface area contributed by atoms with Crippen molar-refractivity contribution in [2.24, 2.45) is 5.41 Å². The third-order valence-corrected chi connectivity index (χ3v) is 6.97. The molecule has 0 bridgehead atoms. The summed E-state index contributed by atoms with van der Waals surface area (Å²) < 4.78 is 1.55. The van der Waals surface area contributed by atoms with Gasteiger partial charge in [0.15, 0.2) is 11.5 Å². The van der Waals surface area contributed by atoms with Crippen LogP contribution >= 0.6 is 11.6 Å². The zero-order valence-corrected chi connectivity index (χ0v) is 21.9. The average Bonchev–Trinajstić information content (AvgIpc) is 3.33. The van der Waals surface area contributed by atoms with Crippen LogP contribution < -0.4 is 4.90 Å². The van der Waals surface area contributed by atoms with Crippen molar-refractivity contribution < 1.29 is 14.7 Å². The van der Waals surface area contributed by atoms with Gasteiger partial charge < -0.3 is 10.0 Å². The van der Waals surface area contributed by atoms with E-state index < -0.39 is 29.5 Å². The van der Waals surface area contributed by atoms with Gasteiger partial charge in [0.25, 0.3) is 5.91 Å². The molecule has 1 saturated heterocycles. The van der Waals surface area contributed by atoms with Gasteiger partial charge in [-0.3, -0.25) is 9.69 Å². The molecule has 5 rings (SSSR count). The van der Waals surface area contributed by atoms with Crippen molar-refractivity contribution >= 4 is 40.6 Å². The number of anilines is 1. The van der Waals surface area contributed by atoms with E-state index in [0.717, 1.165) is 0 Å². The molecule has 38 heavy (non-hydrogen) atoms. The summed E-state index contributed by atoms with van der Waals surface area (Å²) in [6.07, 6.45) is 4.89. The Morgan fingerprint density at radius 1 is 1.08 bits per heavy atom. The predicted octanol–water partition coefficient (Wildman–Crippen LogP) is 4.46. The second kappa shape index (κ2) is 9.97. The SMILES string of the molecule is CC(C)(C)C1[C@H](N(C(=O)c2ccc(-n3nnc4cccnc43)cn2)c2ncccc2Cl)CCCN1C(=O)O. The fourth-order valence-electron chi connectivity index (χ4n) is 5.16. The number of carbonyl (C=O) groups excluding carboxylic acids is 1. The maximum Gasteiger partial charge on any atom is 0.407 e. The number of fused-ring (bicyclic) bond motifs is 1. The largest absolute Gasteiger partial charge is 0.465 e. The van der Waals surface area contributed by atoms with Gasteiger partial charge in [0.2, 0.25) is 0 Å². The molecule has 12 heteroatoms. The number of halogens is 1. The summed E-state index contributed by atoms with van der Waals surface area (Å²) in [6.45, 7) is 6.30. The standard InChI is InChI=1S/C26H27ClN8O3/c1-26(2,3)21-20(9-6-14-33(21)25(37)38)34(22-17(27)7-4-12-28-22)24(36)19-11-10-16(15-30-19)35-23-18(31-32-35)8-5-13-29-23/h4-5,7-8,10-13,15,20-21H,6,9,14H2,1-3H3,(H,37,38)/t20-,21?/m1/s1. The minimum atomic E-state index is -1.02. The van der Waals surface area contributed by atoms with E-state index in [9.17, 15) is 14.7 Å². The zero-order chi connectivity index (χ0) is 27.0. The molecule has 1 N–H and O–H groups in total. The van der Waals surface area contributed by atoms with Crippen LogP contribution in [0.2, 0.25) is 5.02 Å². The number of hydrogen-bond donors (Lipinski definition) is 1. The van der Waals surface area contributed by atoms with Crippen molar-refractivity contribution in [2.45, 2.75) is 45.7 Å². The van der Waals surface area contributed by atoms with Gasteiger partial charge in [0, 0.05) is 18.9 Å². The van der Waals surface area contributed by atoms with Crippen molar-refractivity contribution in [1.82, 2.24) is 34.8 Å². The number of piperidine rings is 1. The molecule has 0 aliphatic carbocycles. The molecule has 2 atom stereocenters. The van der Waals surface area contributed by atoms with Crippen LogP contribution in [0.15, 0.2) is 55.0 Å². The number of nitrogens with zero attached hydrogens (tertiary/aromatic N) is 8. The van der Waals surface area contributed by atoms with E-state index in [1.807, 2.05) is 26.8 Å². The maximum absolute atomic E-state index is 14.1. The van der Waals surface area contributed by atoms with E-state index in [-0.39, 0.29) is 16.5 Å². The molecule has 11 nitrogen and oxygen atoms in total. The number of amides is 2. The van der Waals surface area contributed by atoms with Gasteiger partial charge >= 0.3 is 6.09 Å². The van der Waals surface area contributed by atoms with E-state index in [1.165, 1.54) is 16.0 Å². The van der Waals surface area contributed by atoms with Crippen molar-refractivity contribution in [3.63, 3.8) is 0 Å². The summed E-state index contributed by atoms with van der Waals surface area (Å²) in [7, 11) is 0.